The number of carbonyl (C=O) groups is 1. The van der Waals surface area contributed by atoms with Crippen LogP contribution in [0.15, 0.2) is 24.3 Å². The van der Waals surface area contributed by atoms with Gasteiger partial charge in [0.15, 0.2) is 0 Å². The maximum Gasteiger partial charge on any atom is 0.150 e. The molecule has 0 amide bonds. The van der Waals surface area contributed by atoms with Crippen LogP contribution in [0, 0.1) is 0 Å². The first-order valence-electron chi connectivity index (χ1n) is 16.3. The zero-order chi connectivity index (χ0) is 32.1. The Balaban J connectivity index is 1.63. The number of aldehydes is 1. The van der Waals surface area contributed by atoms with Crippen molar-refractivity contribution in [3.8, 4) is 5.75 Å². The molecule has 45 heavy (non-hydrogen) atoms. The Labute approximate surface area is 270 Å². The summed E-state index contributed by atoms with van der Waals surface area (Å²) in [6.45, 7) is 13.4. The summed E-state index contributed by atoms with van der Waals surface area (Å²) in [4.78, 5) is 10.6. The monoisotopic (exact) mass is 646 g/mol. The topological polar surface area (TPSA) is 119 Å². The molecule has 1 aromatic rings. The average molecular weight is 647 g/mol. The van der Waals surface area contributed by atoms with Crippen molar-refractivity contribution in [2.45, 2.75) is 32.6 Å². The second-order valence-electron chi connectivity index (χ2n) is 9.72. The first-order chi connectivity index (χ1) is 22.4. The summed E-state index contributed by atoms with van der Waals surface area (Å²) in [6.07, 6.45) is 5.69. The van der Waals surface area contributed by atoms with E-state index in [1.807, 2.05) is 0 Å². The van der Waals surface area contributed by atoms with Gasteiger partial charge in [-0.05, 0) is 30.7 Å². The molecule has 0 saturated heterocycles. The number of hydrogen-bond acceptors (Lipinski definition) is 12. The van der Waals surface area contributed by atoms with Crippen LogP contribution in [-0.2, 0) is 47.4 Å². The second kappa shape index (κ2) is 35.1. The number of rotatable bonds is 37. The Hall–Kier alpha value is -1.71. The van der Waals surface area contributed by atoms with E-state index in [-0.39, 0.29) is 0 Å². The molecule has 1 aromatic carbocycles. The lowest BCUT2D eigenvalue weighted by atomic mass is 10.2. The van der Waals surface area contributed by atoms with Gasteiger partial charge in [-0.3, -0.25) is 4.79 Å². The molecule has 1 rings (SSSR count). The highest BCUT2D eigenvalue weighted by molar-refractivity contribution is 5.74. The molecule has 0 spiro atoms. The number of carbonyl (C=O) groups excluding carboxylic acids is 1. The summed E-state index contributed by atoms with van der Waals surface area (Å²) in [5.74, 6) is 0.706. The molecule has 0 N–H and O–H groups in total. The van der Waals surface area contributed by atoms with E-state index in [2.05, 4.69) is 6.92 Å². The van der Waals surface area contributed by atoms with Crippen molar-refractivity contribution < 1.29 is 56.9 Å². The van der Waals surface area contributed by atoms with Gasteiger partial charge in [0.2, 0.25) is 0 Å². The van der Waals surface area contributed by atoms with Gasteiger partial charge < -0.3 is 52.1 Å². The number of unbranched alkanes of at least 4 members (excludes halogenated alkanes) is 3. The van der Waals surface area contributed by atoms with E-state index >= 15 is 0 Å². The van der Waals surface area contributed by atoms with E-state index in [4.69, 9.17) is 52.1 Å². The zero-order valence-corrected chi connectivity index (χ0v) is 27.5. The fraction of sp³-hybridized carbons (Fsp3) is 0.788. The van der Waals surface area contributed by atoms with Gasteiger partial charge in [-0.25, -0.2) is 0 Å². The van der Waals surface area contributed by atoms with Crippen LogP contribution >= 0.6 is 0 Å². The van der Waals surface area contributed by atoms with Crippen LogP contribution in [-0.4, -0.2) is 145 Å². The Bertz CT molecular complexity index is 722. The van der Waals surface area contributed by atoms with E-state index in [0.717, 1.165) is 19.3 Å². The predicted octanol–water partition coefficient (Wildman–Crippen LogP) is 3.62. The minimum atomic E-state index is 0.433. The standard InChI is InChI=1S/C33H58O12/c1-2-3-4-5-10-35-11-12-36-13-14-37-15-16-38-17-18-39-19-20-40-21-22-41-23-24-42-25-26-43-27-28-44-29-30-45-33-8-6-32(31-34)7-9-33/h6-9,31H,2-5,10-30H2,1H3. The molecule has 12 heteroatoms. The third-order valence-corrected chi connectivity index (χ3v) is 6.00. The normalized spacial score (nSPS) is 11.3. The van der Waals surface area contributed by atoms with Gasteiger partial charge in [-0.15, -0.1) is 0 Å². The summed E-state index contributed by atoms with van der Waals surface area (Å²) < 4.78 is 60.3. The molecule has 0 aliphatic rings. The largest absolute Gasteiger partial charge is 0.491 e. The Morgan fingerprint density at radius 1 is 0.400 bits per heavy atom. The zero-order valence-electron chi connectivity index (χ0n) is 27.5. The quantitative estimate of drug-likeness (QED) is 0.0776. The van der Waals surface area contributed by atoms with Crippen LogP contribution in [0.4, 0.5) is 0 Å². The highest BCUT2D eigenvalue weighted by Gasteiger charge is 1.98. The smallest absolute Gasteiger partial charge is 0.150 e. The fourth-order valence-electron chi connectivity index (χ4n) is 3.57. The first kappa shape index (κ1) is 41.3. The third-order valence-electron chi connectivity index (χ3n) is 6.00. The van der Waals surface area contributed by atoms with Crippen molar-refractivity contribution in [3.05, 3.63) is 29.8 Å². The van der Waals surface area contributed by atoms with Gasteiger partial charge in [-0.2, -0.15) is 0 Å². The molecular formula is C33H58O12. The van der Waals surface area contributed by atoms with Crippen molar-refractivity contribution in [2.24, 2.45) is 0 Å². The van der Waals surface area contributed by atoms with Gasteiger partial charge in [-0.1, -0.05) is 26.2 Å². The summed E-state index contributed by atoms with van der Waals surface area (Å²) in [5, 5.41) is 0. The summed E-state index contributed by atoms with van der Waals surface area (Å²) in [7, 11) is 0. The maximum absolute atomic E-state index is 10.6. The lowest BCUT2D eigenvalue weighted by molar-refractivity contribution is -0.0267. The van der Waals surface area contributed by atoms with Gasteiger partial charge in [0.25, 0.3) is 0 Å². The molecule has 12 nitrogen and oxygen atoms in total. The maximum atomic E-state index is 10.6. The van der Waals surface area contributed by atoms with E-state index in [0.29, 0.717) is 143 Å². The summed E-state index contributed by atoms with van der Waals surface area (Å²) in [6, 6.07) is 6.94. The molecule has 0 aromatic heterocycles. The first-order valence-corrected chi connectivity index (χ1v) is 16.3. The predicted molar refractivity (Wildman–Crippen MR) is 170 cm³/mol. The SMILES string of the molecule is CCCCCCOCCOCCOCCOCCOCCOCCOCCOCCOCCOCCOc1ccc(C=O)cc1. The van der Waals surface area contributed by atoms with Crippen molar-refractivity contribution in [1.29, 1.82) is 0 Å². The lowest BCUT2D eigenvalue weighted by Crippen LogP contribution is -2.15. The Kier molecular flexibility index (Phi) is 32.3. The Morgan fingerprint density at radius 3 is 1.02 bits per heavy atom. The Morgan fingerprint density at radius 2 is 0.711 bits per heavy atom. The van der Waals surface area contributed by atoms with Crippen LogP contribution in [0.2, 0.25) is 0 Å². The van der Waals surface area contributed by atoms with Crippen LogP contribution in [0.25, 0.3) is 0 Å². The minimum Gasteiger partial charge on any atom is -0.491 e. The van der Waals surface area contributed by atoms with E-state index in [1.165, 1.54) is 19.3 Å². The van der Waals surface area contributed by atoms with Crippen LogP contribution < -0.4 is 4.74 Å². The van der Waals surface area contributed by atoms with Gasteiger partial charge >= 0.3 is 0 Å². The minimum absolute atomic E-state index is 0.433. The molecule has 0 fully saturated rings. The summed E-state index contributed by atoms with van der Waals surface area (Å²) in [5.41, 5.74) is 0.620. The highest BCUT2D eigenvalue weighted by Crippen LogP contribution is 2.10. The van der Waals surface area contributed by atoms with Crippen molar-refractivity contribution in [1.82, 2.24) is 0 Å². The second-order valence-corrected chi connectivity index (χ2v) is 9.72. The molecule has 0 aliphatic heterocycles. The van der Waals surface area contributed by atoms with Gasteiger partial charge in [0.1, 0.15) is 18.6 Å². The molecule has 0 radical (unpaired) electrons. The highest BCUT2D eigenvalue weighted by atomic mass is 16.6. The van der Waals surface area contributed by atoms with E-state index < -0.39 is 0 Å². The van der Waals surface area contributed by atoms with Crippen LogP contribution in [0.1, 0.15) is 43.0 Å². The fourth-order valence-corrected chi connectivity index (χ4v) is 3.57. The average Bonchev–Trinajstić information content (AvgIpc) is 3.06. The molecule has 0 unspecified atom stereocenters. The van der Waals surface area contributed by atoms with Crippen molar-refractivity contribution >= 4 is 6.29 Å². The van der Waals surface area contributed by atoms with Gasteiger partial charge in [0, 0.05) is 12.2 Å². The third kappa shape index (κ3) is 30.7. The van der Waals surface area contributed by atoms with E-state index in [1.54, 1.807) is 24.3 Å². The molecule has 0 atom stereocenters. The number of benzene rings is 1. The van der Waals surface area contributed by atoms with Crippen LogP contribution in [0.3, 0.4) is 0 Å². The van der Waals surface area contributed by atoms with Gasteiger partial charge in [0.05, 0.1) is 126 Å². The van der Waals surface area contributed by atoms with Crippen LogP contribution in [0.5, 0.6) is 5.75 Å². The molecule has 262 valence electrons. The molecule has 0 aliphatic carbocycles. The molecule has 0 heterocycles. The molecule has 0 bridgehead atoms. The number of hydrogen-bond donors (Lipinski definition) is 0. The number of ether oxygens (including phenoxy) is 11. The lowest BCUT2D eigenvalue weighted by Gasteiger charge is -2.09. The van der Waals surface area contributed by atoms with Crippen molar-refractivity contribution in [3.63, 3.8) is 0 Å². The van der Waals surface area contributed by atoms with Crippen molar-refractivity contribution in [2.75, 3.05) is 139 Å². The molecular weight excluding hydrogens is 588 g/mol. The van der Waals surface area contributed by atoms with E-state index in [9.17, 15) is 4.79 Å². The summed E-state index contributed by atoms with van der Waals surface area (Å²) >= 11 is 0. The molecule has 0 saturated carbocycles.